The van der Waals surface area contributed by atoms with Crippen molar-refractivity contribution in [1.29, 1.82) is 0 Å². The number of ether oxygens (including phenoxy) is 1. The number of carbonyl (C=O) groups is 1. The van der Waals surface area contributed by atoms with Gasteiger partial charge in [0, 0.05) is 32.4 Å². The molecule has 2 amide bonds. The molecule has 0 radical (unpaired) electrons. The van der Waals surface area contributed by atoms with Crippen LogP contribution in [0, 0.1) is 0 Å². The van der Waals surface area contributed by atoms with E-state index in [0.29, 0.717) is 29.7 Å². The van der Waals surface area contributed by atoms with Crippen LogP contribution in [0.1, 0.15) is 22.8 Å². The molecule has 1 N–H and O–H groups in total. The Kier molecular flexibility index (Phi) is 6.56. The normalized spacial score (nSPS) is 14.0. The zero-order chi connectivity index (χ0) is 22.8. The van der Waals surface area contributed by atoms with Crippen molar-refractivity contribution >= 4 is 50.7 Å². The van der Waals surface area contributed by atoms with Gasteiger partial charge in [-0.1, -0.05) is 77.8 Å². The van der Waals surface area contributed by atoms with Crippen LogP contribution in [0.25, 0.3) is 10.1 Å². The first-order chi connectivity index (χ1) is 16.1. The molecule has 4 aromatic rings. The molecule has 0 bridgehead atoms. The first kappa shape index (κ1) is 22.2. The highest BCUT2D eigenvalue weighted by molar-refractivity contribution is 7.17. The number of urea groups is 1. The van der Waals surface area contributed by atoms with E-state index in [9.17, 15) is 4.79 Å². The molecule has 2 heterocycles. The lowest BCUT2D eigenvalue weighted by Gasteiger charge is -2.40. The summed E-state index contributed by atoms with van der Waals surface area (Å²) in [4.78, 5) is 14.4. The van der Waals surface area contributed by atoms with Gasteiger partial charge < -0.3 is 15.0 Å². The third kappa shape index (κ3) is 4.73. The number of carbonyl (C=O) groups excluding carboxylic acids is 1. The van der Waals surface area contributed by atoms with Crippen molar-refractivity contribution in [2.24, 2.45) is 0 Å². The highest BCUT2D eigenvalue weighted by atomic mass is 35.5. The van der Waals surface area contributed by atoms with Gasteiger partial charge in [-0.2, -0.15) is 0 Å². The Labute approximate surface area is 206 Å². The summed E-state index contributed by atoms with van der Waals surface area (Å²) in [6.45, 7) is 1.54. The van der Waals surface area contributed by atoms with Gasteiger partial charge in [0.2, 0.25) is 0 Å². The van der Waals surface area contributed by atoms with Crippen LogP contribution in [-0.4, -0.2) is 30.1 Å². The number of amides is 2. The van der Waals surface area contributed by atoms with E-state index in [2.05, 4.69) is 22.8 Å². The molecule has 1 saturated heterocycles. The van der Waals surface area contributed by atoms with Crippen molar-refractivity contribution in [2.75, 3.05) is 13.1 Å². The molecule has 1 aliphatic rings. The number of likely N-dealkylation sites (tertiary alicyclic amines) is 1. The van der Waals surface area contributed by atoms with Gasteiger partial charge in [0.05, 0.1) is 19.2 Å². The summed E-state index contributed by atoms with van der Waals surface area (Å²) < 4.78 is 7.65. The SMILES string of the molecule is O=C(NCc1csc2ccccc12)N1CC(OC(c2ccccc2Cl)c2ccccc2Cl)C1. The maximum absolute atomic E-state index is 12.7. The van der Waals surface area contributed by atoms with E-state index in [0.717, 1.165) is 16.7 Å². The molecule has 7 heteroatoms. The number of benzene rings is 3. The Bertz CT molecular complexity index is 1240. The lowest BCUT2D eigenvalue weighted by Crippen LogP contribution is -2.57. The fourth-order valence-electron chi connectivity index (χ4n) is 4.02. The maximum atomic E-state index is 12.7. The van der Waals surface area contributed by atoms with E-state index in [4.69, 9.17) is 27.9 Å². The molecule has 0 saturated carbocycles. The number of fused-ring (bicyclic) bond motifs is 1. The smallest absolute Gasteiger partial charge is 0.317 e. The third-order valence-electron chi connectivity index (χ3n) is 5.83. The van der Waals surface area contributed by atoms with E-state index in [1.54, 1.807) is 16.2 Å². The molecular formula is C26H22Cl2N2O2S. The highest BCUT2D eigenvalue weighted by Gasteiger charge is 2.35. The standard InChI is InChI=1S/C26H22Cl2N2O2S/c27-22-10-4-1-8-20(22)25(21-9-2-5-11-23(21)28)32-18-14-30(15-18)26(31)29-13-17-16-33-24-12-6-3-7-19(17)24/h1-12,16,18,25H,13-15H2,(H,29,31). The topological polar surface area (TPSA) is 41.6 Å². The molecule has 33 heavy (non-hydrogen) atoms. The molecule has 168 valence electrons. The molecule has 3 aromatic carbocycles. The number of nitrogens with zero attached hydrogens (tertiary/aromatic N) is 1. The Balaban J connectivity index is 1.22. The first-order valence-corrected chi connectivity index (χ1v) is 12.4. The summed E-state index contributed by atoms with van der Waals surface area (Å²) in [7, 11) is 0. The van der Waals surface area contributed by atoms with Gasteiger partial charge in [0.1, 0.15) is 6.10 Å². The molecular weight excluding hydrogens is 475 g/mol. The van der Waals surface area contributed by atoms with Gasteiger partial charge >= 0.3 is 6.03 Å². The largest absolute Gasteiger partial charge is 0.362 e. The van der Waals surface area contributed by atoms with Crippen LogP contribution in [0.5, 0.6) is 0 Å². The number of hydrogen-bond acceptors (Lipinski definition) is 3. The summed E-state index contributed by atoms with van der Waals surface area (Å²) in [6, 6.07) is 23.4. The predicted molar refractivity (Wildman–Crippen MR) is 135 cm³/mol. The third-order valence-corrected chi connectivity index (χ3v) is 7.53. The minimum Gasteiger partial charge on any atom is -0.362 e. The number of rotatable bonds is 6. The average molecular weight is 497 g/mol. The fourth-order valence-corrected chi connectivity index (χ4v) is 5.46. The minimum absolute atomic E-state index is 0.0860. The Morgan fingerprint density at radius 1 is 0.970 bits per heavy atom. The van der Waals surface area contributed by atoms with Gasteiger partial charge in [-0.15, -0.1) is 11.3 Å². The fraction of sp³-hybridized carbons (Fsp3) is 0.192. The number of halogens is 2. The summed E-state index contributed by atoms with van der Waals surface area (Å²) in [5.41, 5.74) is 2.86. The van der Waals surface area contributed by atoms with Crippen molar-refractivity contribution in [1.82, 2.24) is 10.2 Å². The lowest BCUT2D eigenvalue weighted by molar-refractivity contribution is -0.0645. The molecule has 5 rings (SSSR count). The van der Waals surface area contributed by atoms with Crippen LogP contribution in [0.15, 0.2) is 78.2 Å². The second kappa shape index (κ2) is 9.74. The van der Waals surface area contributed by atoms with Crippen molar-refractivity contribution in [3.63, 3.8) is 0 Å². The molecule has 1 aromatic heterocycles. The quantitative estimate of drug-likeness (QED) is 0.315. The average Bonchev–Trinajstić information content (AvgIpc) is 3.21. The Morgan fingerprint density at radius 2 is 1.58 bits per heavy atom. The summed E-state index contributed by atoms with van der Waals surface area (Å²) in [5, 5.41) is 7.57. The molecule has 1 fully saturated rings. The summed E-state index contributed by atoms with van der Waals surface area (Å²) in [6.07, 6.45) is -0.505. The molecule has 1 aliphatic heterocycles. The van der Waals surface area contributed by atoms with Crippen LogP contribution >= 0.6 is 34.5 Å². The van der Waals surface area contributed by atoms with Gasteiger partial charge in [-0.05, 0) is 34.5 Å². The second-order valence-corrected chi connectivity index (χ2v) is 9.73. The first-order valence-electron chi connectivity index (χ1n) is 10.7. The van der Waals surface area contributed by atoms with Crippen molar-refractivity contribution in [3.8, 4) is 0 Å². The maximum Gasteiger partial charge on any atom is 0.317 e. The van der Waals surface area contributed by atoms with E-state index >= 15 is 0 Å². The summed E-state index contributed by atoms with van der Waals surface area (Å²) in [5.74, 6) is 0. The van der Waals surface area contributed by atoms with Gasteiger partial charge in [-0.25, -0.2) is 4.79 Å². The van der Waals surface area contributed by atoms with Crippen LogP contribution in [0.4, 0.5) is 4.79 Å². The summed E-state index contributed by atoms with van der Waals surface area (Å²) >= 11 is 14.7. The van der Waals surface area contributed by atoms with Gasteiger partial charge in [-0.3, -0.25) is 0 Å². The molecule has 0 atom stereocenters. The molecule has 0 spiro atoms. The number of thiophene rings is 1. The van der Waals surface area contributed by atoms with Crippen molar-refractivity contribution in [2.45, 2.75) is 18.8 Å². The number of nitrogens with one attached hydrogen (secondary N) is 1. The van der Waals surface area contributed by atoms with Crippen molar-refractivity contribution in [3.05, 3.63) is 105 Å². The van der Waals surface area contributed by atoms with Crippen LogP contribution < -0.4 is 5.32 Å². The molecule has 4 nitrogen and oxygen atoms in total. The Hall–Kier alpha value is -2.57. The zero-order valence-corrected chi connectivity index (χ0v) is 20.0. The highest BCUT2D eigenvalue weighted by Crippen LogP contribution is 2.37. The van der Waals surface area contributed by atoms with Crippen LogP contribution in [0.2, 0.25) is 10.0 Å². The van der Waals surface area contributed by atoms with Crippen molar-refractivity contribution < 1.29 is 9.53 Å². The van der Waals surface area contributed by atoms with E-state index < -0.39 is 6.10 Å². The Morgan fingerprint density at radius 3 is 2.24 bits per heavy atom. The van der Waals surface area contributed by atoms with Gasteiger partial charge in [0.25, 0.3) is 0 Å². The number of hydrogen-bond donors (Lipinski definition) is 1. The predicted octanol–water partition coefficient (Wildman–Crippen LogP) is 6.91. The zero-order valence-electron chi connectivity index (χ0n) is 17.7. The molecule has 0 aliphatic carbocycles. The monoisotopic (exact) mass is 496 g/mol. The van der Waals surface area contributed by atoms with Gasteiger partial charge in [0.15, 0.2) is 0 Å². The van der Waals surface area contributed by atoms with Crippen LogP contribution in [-0.2, 0) is 11.3 Å². The lowest BCUT2D eigenvalue weighted by atomic mass is 10.0. The van der Waals surface area contributed by atoms with E-state index in [1.807, 2.05) is 60.7 Å². The van der Waals surface area contributed by atoms with E-state index in [1.165, 1.54) is 10.1 Å². The second-order valence-electron chi connectivity index (χ2n) is 8.00. The van der Waals surface area contributed by atoms with Crippen LogP contribution in [0.3, 0.4) is 0 Å². The molecule has 0 unspecified atom stereocenters. The minimum atomic E-state index is -0.403. The van der Waals surface area contributed by atoms with E-state index in [-0.39, 0.29) is 12.1 Å².